The molecular formula is C13H12N2O4. The number of carbonyl (C=O) groups excluding carboxylic acids is 1. The van der Waals surface area contributed by atoms with Gasteiger partial charge in [-0.2, -0.15) is 0 Å². The smallest absolute Gasteiger partial charge is 0.314 e. The van der Waals surface area contributed by atoms with Gasteiger partial charge in [0.15, 0.2) is 5.78 Å². The third-order valence-electron chi connectivity index (χ3n) is 3.31. The van der Waals surface area contributed by atoms with Gasteiger partial charge in [0.25, 0.3) is 0 Å². The van der Waals surface area contributed by atoms with Crippen LogP contribution in [0, 0.1) is 5.92 Å². The van der Waals surface area contributed by atoms with E-state index in [1.807, 2.05) is 0 Å². The number of aromatic amines is 2. The van der Waals surface area contributed by atoms with E-state index < -0.39 is 11.1 Å². The fraction of sp³-hybridized carbons (Fsp3) is 0.308. The second kappa shape index (κ2) is 4.47. The summed E-state index contributed by atoms with van der Waals surface area (Å²) < 4.78 is 5.20. The van der Waals surface area contributed by atoms with E-state index >= 15 is 0 Å². The molecule has 2 heterocycles. The SMILES string of the molecule is O=C(c1ccc2[nH]c(=O)c(=O)[nH]c2c1)C1CCOC1. The molecule has 1 atom stereocenters. The quantitative estimate of drug-likeness (QED) is 0.605. The van der Waals surface area contributed by atoms with Crippen LogP contribution in [-0.4, -0.2) is 29.0 Å². The van der Waals surface area contributed by atoms with E-state index in [1.165, 1.54) is 0 Å². The average molecular weight is 260 g/mol. The largest absolute Gasteiger partial charge is 0.381 e. The van der Waals surface area contributed by atoms with Crippen LogP contribution in [0.2, 0.25) is 0 Å². The van der Waals surface area contributed by atoms with Gasteiger partial charge >= 0.3 is 11.1 Å². The van der Waals surface area contributed by atoms with Gasteiger partial charge in [0.2, 0.25) is 0 Å². The molecule has 1 fully saturated rings. The number of hydrogen-bond donors (Lipinski definition) is 2. The molecule has 6 nitrogen and oxygen atoms in total. The Bertz CT molecular complexity index is 753. The van der Waals surface area contributed by atoms with E-state index in [0.29, 0.717) is 29.8 Å². The van der Waals surface area contributed by atoms with Crippen LogP contribution in [0.15, 0.2) is 27.8 Å². The molecule has 0 bridgehead atoms. The van der Waals surface area contributed by atoms with Gasteiger partial charge in [-0.1, -0.05) is 0 Å². The topological polar surface area (TPSA) is 92.0 Å². The number of H-pyrrole nitrogens is 2. The van der Waals surface area contributed by atoms with Gasteiger partial charge in [-0.15, -0.1) is 0 Å². The zero-order chi connectivity index (χ0) is 13.4. The standard InChI is InChI=1S/C13H12N2O4/c16-11(8-3-4-19-6-8)7-1-2-9-10(5-7)15-13(18)12(17)14-9/h1-2,5,8H,3-4,6H2,(H,14,17)(H,15,18). The lowest BCUT2D eigenvalue weighted by atomic mass is 9.97. The van der Waals surface area contributed by atoms with E-state index in [2.05, 4.69) is 9.97 Å². The van der Waals surface area contributed by atoms with Crippen molar-refractivity contribution in [3.05, 3.63) is 44.5 Å². The molecule has 2 N–H and O–H groups in total. The molecule has 0 radical (unpaired) electrons. The van der Waals surface area contributed by atoms with Crippen molar-refractivity contribution in [2.45, 2.75) is 6.42 Å². The van der Waals surface area contributed by atoms with Crippen molar-refractivity contribution in [2.75, 3.05) is 13.2 Å². The second-order valence-corrected chi connectivity index (χ2v) is 4.59. The maximum Gasteiger partial charge on any atom is 0.314 e. The summed E-state index contributed by atoms with van der Waals surface area (Å²) in [5, 5.41) is 0. The Morgan fingerprint density at radius 2 is 1.89 bits per heavy atom. The first kappa shape index (κ1) is 11.9. The van der Waals surface area contributed by atoms with Crippen molar-refractivity contribution >= 4 is 16.8 Å². The van der Waals surface area contributed by atoms with Crippen LogP contribution in [0.1, 0.15) is 16.8 Å². The van der Waals surface area contributed by atoms with Crippen LogP contribution in [0.3, 0.4) is 0 Å². The number of rotatable bonds is 2. The lowest BCUT2D eigenvalue weighted by Gasteiger charge is -2.07. The molecule has 3 rings (SSSR count). The van der Waals surface area contributed by atoms with Crippen molar-refractivity contribution in [1.29, 1.82) is 0 Å². The number of benzene rings is 1. The van der Waals surface area contributed by atoms with E-state index in [4.69, 9.17) is 4.74 Å². The summed E-state index contributed by atoms with van der Waals surface area (Å²) in [6.45, 7) is 1.05. The number of nitrogens with one attached hydrogen (secondary N) is 2. The zero-order valence-electron chi connectivity index (χ0n) is 10.1. The highest BCUT2D eigenvalue weighted by Gasteiger charge is 2.24. The molecule has 1 aromatic carbocycles. The molecular weight excluding hydrogens is 248 g/mol. The van der Waals surface area contributed by atoms with Gasteiger partial charge in [0.05, 0.1) is 17.6 Å². The highest BCUT2D eigenvalue weighted by Crippen LogP contribution is 2.19. The van der Waals surface area contributed by atoms with E-state index in [9.17, 15) is 14.4 Å². The zero-order valence-corrected chi connectivity index (χ0v) is 10.1. The lowest BCUT2D eigenvalue weighted by Crippen LogP contribution is -2.29. The fourth-order valence-electron chi connectivity index (χ4n) is 2.25. The van der Waals surface area contributed by atoms with Crippen LogP contribution >= 0.6 is 0 Å². The van der Waals surface area contributed by atoms with Crippen molar-refractivity contribution < 1.29 is 9.53 Å². The van der Waals surface area contributed by atoms with E-state index in [0.717, 1.165) is 6.42 Å². The molecule has 0 aliphatic carbocycles. The molecule has 98 valence electrons. The minimum atomic E-state index is -0.721. The normalized spacial score (nSPS) is 18.8. The van der Waals surface area contributed by atoms with Gasteiger partial charge < -0.3 is 14.7 Å². The summed E-state index contributed by atoms with van der Waals surface area (Å²) in [4.78, 5) is 39.6. The molecule has 2 aromatic rings. The van der Waals surface area contributed by atoms with Gasteiger partial charge in [0.1, 0.15) is 0 Å². The molecule has 1 aromatic heterocycles. The minimum absolute atomic E-state index is 0.00597. The second-order valence-electron chi connectivity index (χ2n) is 4.59. The van der Waals surface area contributed by atoms with Crippen molar-refractivity contribution in [3.63, 3.8) is 0 Å². The lowest BCUT2D eigenvalue weighted by molar-refractivity contribution is 0.0900. The van der Waals surface area contributed by atoms with Crippen LogP contribution in [0.4, 0.5) is 0 Å². The van der Waals surface area contributed by atoms with Gasteiger partial charge in [-0.05, 0) is 24.6 Å². The van der Waals surface area contributed by atoms with Gasteiger partial charge in [0, 0.05) is 18.1 Å². The van der Waals surface area contributed by atoms with Crippen molar-refractivity contribution in [2.24, 2.45) is 5.92 Å². The summed E-state index contributed by atoms with van der Waals surface area (Å²) in [6, 6.07) is 4.86. The third kappa shape index (κ3) is 2.10. The maximum atomic E-state index is 12.2. The number of ether oxygens (including phenoxy) is 1. The highest BCUT2D eigenvalue weighted by atomic mass is 16.5. The average Bonchev–Trinajstić information content (AvgIpc) is 2.93. The molecule has 1 unspecified atom stereocenters. The Kier molecular flexibility index (Phi) is 2.79. The summed E-state index contributed by atoms with van der Waals surface area (Å²) in [6.07, 6.45) is 0.721. The Morgan fingerprint density at radius 1 is 1.16 bits per heavy atom. The number of carbonyl (C=O) groups is 1. The maximum absolute atomic E-state index is 12.2. The molecule has 1 saturated heterocycles. The van der Waals surface area contributed by atoms with E-state index in [1.54, 1.807) is 18.2 Å². The van der Waals surface area contributed by atoms with Crippen molar-refractivity contribution in [3.8, 4) is 0 Å². The molecule has 1 aliphatic heterocycles. The van der Waals surface area contributed by atoms with Crippen LogP contribution in [0.25, 0.3) is 11.0 Å². The molecule has 0 amide bonds. The summed E-state index contributed by atoms with van der Waals surface area (Å²) in [7, 11) is 0. The summed E-state index contributed by atoms with van der Waals surface area (Å²) in [5.74, 6) is -0.113. The number of ketones is 1. The predicted molar refractivity (Wildman–Crippen MR) is 68.4 cm³/mol. The number of hydrogen-bond acceptors (Lipinski definition) is 4. The first-order chi connectivity index (χ1) is 9.15. The summed E-state index contributed by atoms with van der Waals surface area (Å²) >= 11 is 0. The van der Waals surface area contributed by atoms with Gasteiger partial charge in [-0.25, -0.2) is 0 Å². The third-order valence-corrected chi connectivity index (χ3v) is 3.31. The minimum Gasteiger partial charge on any atom is -0.381 e. The Morgan fingerprint density at radius 3 is 2.58 bits per heavy atom. The fourth-order valence-corrected chi connectivity index (χ4v) is 2.25. The number of fused-ring (bicyclic) bond motifs is 1. The number of aromatic nitrogens is 2. The van der Waals surface area contributed by atoms with Crippen molar-refractivity contribution in [1.82, 2.24) is 9.97 Å². The van der Waals surface area contributed by atoms with Crippen LogP contribution in [-0.2, 0) is 4.74 Å². The van der Waals surface area contributed by atoms with E-state index in [-0.39, 0.29) is 11.7 Å². The molecule has 19 heavy (non-hydrogen) atoms. The number of Topliss-reactive ketones (excluding diaryl/α,β-unsaturated/α-hetero) is 1. The van der Waals surface area contributed by atoms with Gasteiger partial charge in [-0.3, -0.25) is 14.4 Å². The Hall–Kier alpha value is -2.21. The molecule has 0 saturated carbocycles. The van der Waals surface area contributed by atoms with Crippen LogP contribution < -0.4 is 11.1 Å². The Labute approximate surface area is 107 Å². The molecule has 1 aliphatic rings. The highest BCUT2D eigenvalue weighted by molar-refractivity contribution is 6.00. The monoisotopic (exact) mass is 260 g/mol. The van der Waals surface area contributed by atoms with Crippen LogP contribution in [0.5, 0.6) is 0 Å². The predicted octanol–water partition coefficient (Wildman–Crippen LogP) is 0.436. The molecule has 6 heteroatoms. The Balaban J connectivity index is 2.06. The first-order valence-corrected chi connectivity index (χ1v) is 6.03. The molecule has 0 spiro atoms. The first-order valence-electron chi connectivity index (χ1n) is 6.03. The summed E-state index contributed by atoms with van der Waals surface area (Å²) in [5.41, 5.74) is 0.0564.